The number of benzene rings is 1. The van der Waals surface area contributed by atoms with Gasteiger partial charge in [-0.1, -0.05) is 19.4 Å². The molecule has 16 heavy (non-hydrogen) atoms. The molecule has 0 spiro atoms. The fourth-order valence-corrected chi connectivity index (χ4v) is 3.33. The molecule has 0 aliphatic carbocycles. The van der Waals surface area contributed by atoms with Crippen molar-refractivity contribution in [3.63, 3.8) is 0 Å². The maximum Gasteiger partial charge on any atom is 0.182 e. The Hall–Kier alpha value is -1.03. The lowest BCUT2D eigenvalue weighted by Gasteiger charge is -2.14. The maximum absolute atomic E-state index is 12.2. The number of aryl methyl sites for hydroxylation is 1. The van der Waals surface area contributed by atoms with Crippen LogP contribution in [0.2, 0.25) is 0 Å². The molecule has 3 nitrogen and oxygen atoms in total. The summed E-state index contributed by atoms with van der Waals surface area (Å²) in [5, 5.41) is -0.373. The van der Waals surface area contributed by atoms with Crippen molar-refractivity contribution in [3.05, 3.63) is 23.8 Å². The van der Waals surface area contributed by atoms with Crippen molar-refractivity contribution >= 4 is 15.5 Å². The maximum atomic E-state index is 12.2. The predicted molar refractivity (Wildman–Crippen MR) is 67.1 cm³/mol. The molecule has 0 aromatic heterocycles. The van der Waals surface area contributed by atoms with Gasteiger partial charge in [0.25, 0.3) is 0 Å². The molecule has 0 saturated heterocycles. The number of sulfone groups is 1. The van der Waals surface area contributed by atoms with Crippen LogP contribution in [0.1, 0.15) is 32.3 Å². The Labute approximate surface area is 97.6 Å². The van der Waals surface area contributed by atoms with Gasteiger partial charge in [0.05, 0.1) is 15.8 Å². The third-order valence-electron chi connectivity index (χ3n) is 2.70. The number of anilines is 1. The Balaban J connectivity index is 3.17. The summed E-state index contributed by atoms with van der Waals surface area (Å²) in [6.45, 7) is 5.60. The third kappa shape index (κ3) is 2.55. The van der Waals surface area contributed by atoms with Crippen LogP contribution >= 0.6 is 0 Å². The van der Waals surface area contributed by atoms with E-state index in [0.29, 0.717) is 12.1 Å². The van der Waals surface area contributed by atoms with Gasteiger partial charge in [0.1, 0.15) is 0 Å². The molecule has 1 rings (SSSR count). The molecule has 4 heteroatoms. The second-order valence-electron chi connectivity index (χ2n) is 4.19. The molecule has 0 bridgehead atoms. The highest BCUT2D eigenvalue weighted by Gasteiger charge is 2.24. The smallest absolute Gasteiger partial charge is 0.182 e. The minimum atomic E-state index is -3.27. The second-order valence-corrected chi connectivity index (χ2v) is 6.52. The molecule has 0 amide bonds. The van der Waals surface area contributed by atoms with Crippen molar-refractivity contribution in [2.45, 2.75) is 43.8 Å². The molecule has 0 aliphatic rings. The van der Waals surface area contributed by atoms with E-state index in [1.54, 1.807) is 25.1 Å². The standard InChI is InChI=1S/C12H19NO2S/c1-4-5-10(3)16(14,15)12-7-6-9(2)8-11(12)13/h6-8,10H,4-5,13H2,1-3H3. The van der Waals surface area contributed by atoms with Crippen LogP contribution in [0.4, 0.5) is 5.69 Å². The molecule has 0 radical (unpaired) electrons. The van der Waals surface area contributed by atoms with Crippen molar-refractivity contribution in [2.75, 3.05) is 5.73 Å². The van der Waals surface area contributed by atoms with Crippen LogP contribution < -0.4 is 5.73 Å². The van der Waals surface area contributed by atoms with Crippen molar-refractivity contribution in [2.24, 2.45) is 0 Å². The van der Waals surface area contributed by atoms with E-state index in [9.17, 15) is 8.42 Å². The van der Waals surface area contributed by atoms with Crippen molar-refractivity contribution < 1.29 is 8.42 Å². The molecule has 0 aliphatic heterocycles. The zero-order chi connectivity index (χ0) is 12.3. The van der Waals surface area contributed by atoms with Crippen LogP contribution in [0.15, 0.2) is 23.1 Å². The summed E-state index contributed by atoms with van der Waals surface area (Å²) in [6, 6.07) is 5.08. The van der Waals surface area contributed by atoms with E-state index in [1.165, 1.54) is 0 Å². The Bertz CT molecular complexity index is 466. The summed E-state index contributed by atoms with van der Waals surface area (Å²) in [5.41, 5.74) is 7.08. The van der Waals surface area contributed by atoms with Gasteiger partial charge in [-0.15, -0.1) is 0 Å². The van der Waals surface area contributed by atoms with Gasteiger partial charge in [0, 0.05) is 0 Å². The highest BCUT2D eigenvalue weighted by molar-refractivity contribution is 7.92. The van der Waals surface area contributed by atoms with Crippen molar-refractivity contribution in [1.29, 1.82) is 0 Å². The summed E-state index contributed by atoms with van der Waals surface area (Å²) < 4.78 is 24.3. The minimum absolute atomic E-state index is 0.263. The van der Waals surface area contributed by atoms with Crippen LogP contribution in [0.25, 0.3) is 0 Å². The fraction of sp³-hybridized carbons (Fsp3) is 0.500. The largest absolute Gasteiger partial charge is 0.398 e. The normalized spacial score (nSPS) is 13.7. The molecule has 0 fully saturated rings. The predicted octanol–water partition coefficient (Wildman–Crippen LogP) is 2.54. The number of hydrogen-bond donors (Lipinski definition) is 1. The van der Waals surface area contributed by atoms with Gasteiger partial charge in [-0.3, -0.25) is 0 Å². The van der Waals surface area contributed by atoms with E-state index >= 15 is 0 Å². The summed E-state index contributed by atoms with van der Waals surface area (Å²) in [7, 11) is -3.27. The zero-order valence-electron chi connectivity index (χ0n) is 10.0. The number of hydrogen-bond acceptors (Lipinski definition) is 3. The van der Waals surface area contributed by atoms with Gasteiger partial charge in [-0.25, -0.2) is 8.42 Å². The molecule has 1 aromatic rings. The van der Waals surface area contributed by atoms with Crippen molar-refractivity contribution in [3.8, 4) is 0 Å². The molecule has 1 aromatic carbocycles. The van der Waals surface area contributed by atoms with Gasteiger partial charge in [0.2, 0.25) is 0 Å². The van der Waals surface area contributed by atoms with E-state index in [2.05, 4.69) is 0 Å². The van der Waals surface area contributed by atoms with E-state index in [-0.39, 0.29) is 10.1 Å². The van der Waals surface area contributed by atoms with E-state index in [0.717, 1.165) is 12.0 Å². The topological polar surface area (TPSA) is 60.2 Å². The lowest BCUT2D eigenvalue weighted by atomic mass is 10.2. The van der Waals surface area contributed by atoms with Gasteiger partial charge >= 0.3 is 0 Å². The zero-order valence-corrected chi connectivity index (χ0v) is 10.8. The number of rotatable bonds is 4. The first-order valence-corrected chi connectivity index (χ1v) is 7.04. The number of nitrogen functional groups attached to an aromatic ring is 1. The monoisotopic (exact) mass is 241 g/mol. The number of nitrogens with two attached hydrogens (primary N) is 1. The molecule has 90 valence electrons. The summed E-state index contributed by atoms with van der Waals surface area (Å²) >= 11 is 0. The Morgan fingerprint density at radius 2 is 2.00 bits per heavy atom. The molecule has 2 N–H and O–H groups in total. The first-order chi connectivity index (χ1) is 7.39. The Morgan fingerprint density at radius 3 is 2.50 bits per heavy atom. The highest BCUT2D eigenvalue weighted by atomic mass is 32.2. The van der Waals surface area contributed by atoms with E-state index in [4.69, 9.17) is 5.73 Å². The lowest BCUT2D eigenvalue weighted by Crippen LogP contribution is -2.19. The highest BCUT2D eigenvalue weighted by Crippen LogP contribution is 2.25. The Morgan fingerprint density at radius 1 is 1.38 bits per heavy atom. The molecule has 0 heterocycles. The summed E-state index contributed by atoms with van der Waals surface area (Å²) in [4.78, 5) is 0.263. The quantitative estimate of drug-likeness (QED) is 0.824. The van der Waals surface area contributed by atoms with Crippen LogP contribution in [0.5, 0.6) is 0 Å². The van der Waals surface area contributed by atoms with Crippen LogP contribution in [-0.2, 0) is 9.84 Å². The van der Waals surface area contributed by atoms with E-state index < -0.39 is 9.84 Å². The van der Waals surface area contributed by atoms with Crippen molar-refractivity contribution in [1.82, 2.24) is 0 Å². The second kappa shape index (κ2) is 4.87. The molecule has 0 saturated carbocycles. The average Bonchev–Trinajstić information content (AvgIpc) is 2.17. The first kappa shape index (κ1) is 13.0. The van der Waals surface area contributed by atoms with Gasteiger partial charge in [-0.2, -0.15) is 0 Å². The van der Waals surface area contributed by atoms with Gasteiger partial charge in [0.15, 0.2) is 9.84 Å². The molecular formula is C12H19NO2S. The van der Waals surface area contributed by atoms with Gasteiger partial charge in [-0.05, 0) is 38.0 Å². The lowest BCUT2D eigenvalue weighted by molar-refractivity contribution is 0.576. The van der Waals surface area contributed by atoms with Crippen LogP contribution in [-0.4, -0.2) is 13.7 Å². The van der Waals surface area contributed by atoms with E-state index in [1.807, 2.05) is 13.8 Å². The first-order valence-electron chi connectivity index (χ1n) is 5.49. The summed E-state index contributed by atoms with van der Waals surface area (Å²) in [6.07, 6.45) is 1.52. The summed E-state index contributed by atoms with van der Waals surface area (Å²) in [5.74, 6) is 0. The third-order valence-corrected chi connectivity index (χ3v) is 4.98. The van der Waals surface area contributed by atoms with Crippen LogP contribution in [0.3, 0.4) is 0 Å². The minimum Gasteiger partial charge on any atom is -0.398 e. The van der Waals surface area contributed by atoms with Gasteiger partial charge < -0.3 is 5.73 Å². The molecule has 1 unspecified atom stereocenters. The molecular weight excluding hydrogens is 222 g/mol. The fourth-order valence-electron chi connectivity index (χ4n) is 1.71. The SMILES string of the molecule is CCCC(C)S(=O)(=O)c1ccc(C)cc1N. The Kier molecular flexibility index (Phi) is 3.97. The average molecular weight is 241 g/mol. The van der Waals surface area contributed by atoms with Crippen LogP contribution in [0, 0.1) is 6.92 Å². The molecule has 1 atom stereocenters.